The van der Waals surface area contributed by atoms with Gasteiger partial charge in [-0.15, -0.1) is 0 Å². The number of urea groups is 1. The van der Waals surface area contributed by atoms with E-state index < -0.39 is 29.7 Å². The molecule has 7 amide bonds. The quantitative estimate of drug-likeness (QED) is 0.294. The molecule has 5 heterocycles. The van der Waals surface area contributed by atoms with Crippen LogP contribution in [0.5, 0.6) is 17.2 Å². The molecule has 0 saturated carbocycles. The van der Waals surface area contributed by atoms with Gasteiger partial charge in [0.1, 0.15) is 23.3 Å². The molecule has 4 aliphatic rings. The van der Waals surface area contributed by atoms with Crippen LogP contribution in [0.2, 0.25) is 0 Å². The molecule has 56 heavy (non-hydrogen) atoms. The largest absolute Gasteiger partial charge is 0.496 e. The molecule has 2 fully saturated rings. The Morgan fingerprint density at radius 3 is 2.23 bits per heavy atom. The number of fused-ring (bicyclic) bond motifs is 2. The van der Waals surface area contributed by atoms with Gasteiger partial charge in [-0.2, -0.15) is 0 Å². The highest BCUT2D eigenvalue weighted by atomic mass is 16.5. The SMILES string of the molecule is CNC(=O)N1CCc2c(-c3cc(OC)c(CN4CCN(C(=O)COc5cccc6c5C(=O)N(C5CCC(=O)NC5=O)C6=O)CC4)c(OC)c3)cn(C)c(=O)c2C1. The summed E-state index contributed by atoms with van der Waals surface area (Å²) >= 11 is 0. The predicted molar refractivity (Wildman–Crippen MR) is 199 cm³/mol. The predicted octanol–water partition coefficient (Wildman–Crippen LogP) is 0.891. The Morgan fingerprint density at radius 2 is 1.57 bits per heavy atom. The molecular formula is C39H43N7O10. The van der Waals surface area contributed by atoms with Crippen LogP contribution < -0.4 is 30.4 Å². The molecule has 1 aromatic heterocycles. The van der Waals surface area contributed by atoms with Gasteiger partial charge in [0.2, 0.25) is 11.8 Å². The number of piperidine rings is 1. The van der Waals surface area contributed by atoms with E-state index >= 15 is 0 Å². The van der Waals surface area contributed by atoms with Crippen molar-refractivity contribution in [2.75, 3.05) is 60.6 Å². The Labute approximate surface area is 322 Å². The maximum Gasteiger partial charge on any atom is 0.317 e. The Hall–Kier alpha value is -6.23. The molecule has 17 heteroatoms. The molecule has 2 saturated heterocycles. The molecule has 0 aliphatic carbocycles. The van der Waals surface area contributed by atoms with Crippen molar-refractivity contribution in [3.63, 3.8) is 0 Å². The molecule has 4 aliphatic heterocycles. The second-order valence-electron chi connectivity index (χ2n) is 14.1. The highest BCUT2D eigenvalue weighted by Crippen LogP contribution is 2.39. The van der Waals surface area contributed by atoms with Crippen molar-refractivity contribution in [1.82, 2.24) is 34.8 Å². The lowest BCUT2D eigenvalue weighted by Gasteiger charge is -2.35. The van der Waals surface area contributed by atoms with Crippen LogP contribution in [-0.2, 0) is 40.9 Å². The average Bonchev–Trinajstić information content (AvgIpc) is 3.46. The summed E-state index contributed by atoms with van der Waals surface area (Å²) in [6.07, 6.45) is 2.36. The van der Waals surface area contributed by atoms with Crippen molar-refractivity contribution in [1.29, 1.82) is 0 Å². The second kappa shape index (κ2) is 15.5. The van der Waals surface area contributed by atoms with Crippen LogP contribution in [-0.4, -0.2) is 126 Å². The molecule has 1 atom stereocenters. The zero-order chi connectivity index (χ0) is 39.8. The van der Waals surface area contributed by atoms with E-state index in [1.807, 2.05) is 18.3 Å². The maximum atomic E-state index is 13.4. The topological polar surface area (TPSA) is 189 Å². The second-order valence-corrected chi connectivity index (χ2v) is 14.1. The summed E-state index contributed by atoms with van der Waals surface area (Å²) < 4.78 is 19.1. The smallest absolute Gasteiger partial charge is 0.317 e. The monoisotopic (exact) mass is 769 g/mol. The number of rotatable bonds is 9. The van der Waals surface area contributed by atoms with Crippen molar-refractivity contribution < 1.29 is 43.0 Å². The fraction of sp³-hybridized carbons (Fsp3) is 0.410. The first-order valence-corrected chi connectivity index (χ1v) is 18.3. The summed E-state index contributed by atoms with van der Waals surface area (Å²) in [7, 11) is 6.44. The van der Waals surface area contributed by atoms with Crippen LogP contribution in [0.3, 0.4) is 0 Å². The molecular weight excluding hydrogens is 726 g/mol. The number of ether oxygens (including phenoxy) is 3. The van der Waals surface area contributed by atoms with Gasteiger partial charge in [-0.25, -0.2) is 4.79 Å². The molecule has 3 aromatic rings. The first-order valence-electron chi connectivity index (χ1n) is 18.3. The fourth-order valence-corrected chi connectivity index (χ4v) is 7.89. The Kier molecular flexibility index (Phi) is 10.5. The van der Waals surface area contributed by atoms with E-state index in [1.165, 1.54) is 16.7 Å². The number of methoxy groups -OCH3 is 2. The Morgan fingerprint density at radius 1 is 0.857 bits per heavy atom. The number of benzene rings is 2. The minimum Gasteiger partial charge on any atom is -0.496 e. The number of aryl methyl sites for hydroxylation is 1. The first kappa shape index (κ1) is 38.1. The molecule has 2 aromatic carbocycles. The van der Waals surface area contributed by atoms with Gasteiger partial charge in [-0.05, 0) is 48.2 Å². The fourth-order valence-electron chi connectivity index (χ4n) is 7.89. The number of aromatic nitrogens is 1. The van der Waals surface area contributed by atoms with Gasteiger partial charge in [0, 0.05) is 77.1 Å². The normalized spacial score (nSPS) is 18.4. The van der Waals surface area contributed by atoms with Gasteiger partial charge < -0.3 is 33.9 Å². The van der Waals surface area contributed by atoms with Crippen LogP contribution in [0, 0.1) is 0 Å². The number of piperazine rings is 1. The van der Waals surface area contributed by atoms with Crippen LogP contribution in [0.4, 0.5) is 4.79 Å². The van der Waals surface area contributed by atoms with Gasteiger partial charge in [0.05, 0.1) is 37.5 Å². The molecule has 7 rings (SSSR count). The number of hydrogen-bond donors (Lipinski definition) is 2. The highest BCUT2D eigenvalue weighted by Gasteiger charge is 2.46. The summed E-state index contributed by atoms with van der Waals surface area (Å²) in [6, 6.07) is 7.04. The van der Waals surface area contributed by atoms with Crippen LogP contribution in [0.1, 0.15) is 50.2 Å². The van der Waals surface area contributed by atoms with Gasteiger partial charge in [0.15, 0.2) is 6.61 Å². The van der Waals surface area contributed by atoms with Crippen LogP contribution in [0.15, 0.2) is 41.3 Å². The van der Waals surface area contributed by atoms with Crippen molar-refractivity contribution in [3.8, 4) is 28.4 Å². The van der Waals surface area contributed by atoms with E-state index in [2.05, 4.69) is 15.5 Å². The number of amides is 7. The molecule has 0 spiro atoms. The van der Waals surface area contributed by atoms with E-state index in [0.29, 0.717) is 62.8 Å². The summed E-state index contributed by atoms with van der Waals surface area (Å²) in [5.41, 5.74) is 3.88. The van der Waals surface area contributed by atoms with Crippen molar-refractivity contribution >= 4 is 35.6 Å². The minimum absolute atomic E-state index is 0.00451. The zero-order valence-corrected chi connectivity index (χ0v) is 31.6. The summed E-state index contributed by atoms with van der Waals surface area (Å²) in [5, 5.41) is 4.81. The van der Waals surface area contributed by atoms with Crippen molar-refractivity contribution in [2.45, 2.75) is 38.4 Å². The third-order valence-corrected chi connectivity index (χ3v) is 10.9. The summed E-state index contributed by atoms with van der Waals surface area (Å²) in [6.45, 7) is 2.72. The van der Waals surface area contributed by atoms with Crippen molar-refractivity contribution in [2.24, 2.45) is 7.05 Å². The van der Waals surface area contributed by atoms with Crippen molar-refractivity contribution in [3.05, 3.63) is 74.7 Å². The Balaban J connectivity index is 1.00. The molecule has 0 radical (unpaired) electrons. The lowest BCUT2D eigenvalue weighted by molar-refractivity contribution is -0.136. The number of nitrogens with zero attached hydrogens (tertiary/aromatic N) is 5. The minimum atomic E-state index is -1.11. The third kappa shape index (κ3) is 6.93. The van der Waals surface area contributed by atoms with E-state index in [0.717, 1.165) is 27.2 Å². The molecule has 0 bridgehead atoms. The van der Waals surface area contributed by atoms with E-state index in [9.17, 15) is 33.6 Å². The number of hydrogen-bond acceptors (Lipinski definition) is 11. The Bertz CT molecular complexity index is 2180. The molecule has 2 N–H and O–H groups in total. The lowest BCUT2D eigenvalue weighted by Crippen LogP contribution is -2.54. The number of carbonyl (C=O) groups excluding carboxylic acids is 6. The standard InChI is InChI=1S/C39H43N7O10/c1-40-39(53)45-11-10-23-25(18-42(2)36(50)26(23)20-45)22-16-30(54-3)27(31(17-22)55-4)19-43-12-14-44(15-13-43)33(48)21-56-29-7-5-6-24-34(29)38(52)46(37(24)51)28-8-9-32(47)41-35(28)49/h5-7,16-18,28H,8-15,19-21H2,1-4H3,(H,40,53)(H,41,47,49). The average molecular weight is 770 g/mol. The number of nitrogens with one attached hydrogen (secondary N) is 2. The number of imide groups is 2. The first-order chi connectivity index (χ1) is 26.9. The number of pyridine rings is 1. The van der Waals surface area contributed by atoms with Crippen LogP contribution in [0.25, 0.3) is 11.1 Å². The number of carbonyl (C=O) groups is 6. The summed E-state index contributed by atoms with van der Waals surface area (Å²) in [5.74, 6) is -1.55. The summed E-state index contributed by atoms with van der Waals surface area (Å²) in [4.78, 5) is 95.8. The van der Waals surface area contributed by atoms with E-state index in [1.54, 1.807) is 44.2 Å². The highest BCUT2D eigenvalue weighted by molar-refractivity contribution is 6.24. The third-order valence-electron chi connectivity index (χ3n) is 10.9. The van der Waals surface area contributed by atoms with Gasteiger partial charge >= 0.3 is 6.03 Å². The van der Waals surface area contributed by atoms with Gasteiger partial charge in [-0.1, -0.05) is 6.07 Å². The van der Waals surface area contributed by atoms with E-state index in [4.69, 9.17) is 14.2 Å². The van der Waals surface area contributed by atoms with Crippen LogP contribution >= 0.6 is 0 Å². The van der Waals surface area contributed by atoms with Gasteiger partial charge in [-0.3, -0.25) is 43.9 Å². The zero-order valence-electron chi connectivity index (χ0n) is 31.6. The lowest BCUT2D eigenvalue weighted by atomic mass is 9.91. The molecule has 1 unspecified atom stereocenters. The van der Waals surface area contributed by atoms with Gasteiger partial charge in [0.25, 0.3) is 23.3 Å². The molecule has 294 valence electrons. The maximum absolute atomic E-state index is 13.4. The molecule has 17 nitrogen and oxygen atoms in total. The van der Waals surface area contributed by atoms with E-state index in [-0.39, 0.29) is 60.4 Å².